The van der Waals surface area contributed by atoms with E-state index in [1.165, 1.54) is 0 Å². The fourth-order valence-corrected chi connectivity index (χ4v) is 3.84. The van der Waals surface area contributed by atoms with E-state index in [2.05, 4.69) is 26.1 Å². The predicted molar refractivity (Wildman–Crippen MR) is 75.1 cm³/mol. The Balaban J connectivity index is 4.63. The monoisotopic (exact) mass is 263 g/mol. The van der Waals surface area contributed by atoms with Crippen molar-refractivity contribution in [2.24, 2.45) is 5.92 Å². The van der Waals surface area contributed by atoms with Crippen LogP contribution in [-0.4, -0.2) is 31.5 Å². The number of unbranched alkanes of at least 4 members (excludes halogenated alkanes) is 1. The molecule has 0 rings (SSSR count). The van der Waals surface area contributed by atoms with Gasteiger partial charge in [0.1, 0.15) is 0 Å². The second-order valence-corrected chi connectivity index (χ2v) is 8.47. The lowest BCUT2D eigenvalue weighted by Crippen LogP contribution is -2.45. The smallest absolute Gasteiger partial charge is 0.154 e. The first kappa shape index (κ1) is 16.9. The van der Waals surface area contributed by atoms with E-state index in [-0.39, 0.29) is 16.7 Å². The third-order valence-electron chi connectivity index (χ3n) is 2.82. The molecule has 1 unspecified atom stereocenters. The summed E-state index contributed by atoms with van der Waals surface area (Å²) >= 11 is 0. The van der Waals surface area contributed by atoms with Crippen LogP contribution in [-0.2, 0) is 9.84 Å². The van der Waals surface area contributed by atoms with Gasteiger partial charge in [0.15, 0.2) is 9.84 Å². The number of hydrogen-bond acceptors (Lipinski definition) is 3. The molecule has 0 amide bonds. The van der Waals surface area contributed by atoms with Crippen molar-refractivity contribution in [3.8, 4) is 0 Å². The lowest BCUT2D eigenvalue weighted by Gasteiger charge is -2.27. The van der Waals surface area contributed by atoms with E-state index >= 15 is 0 Å². The van der Waals surface area contributed by atoms with E-state index in [1.54, 1.807) is 0 Å². The van der Waals surface area contributed by atoms with Gasteiger partial charge in [0.05, 0.1) is 11.0 Å². The summed E-state index contributed by atoms with van der Waals surface area (Å²) in [5, 5.41) is 3.04. The first-order valence-electron chi connectivity index (χ1n) is 6.56. The van der Waals surface area contributed by atoms with Crippen molar-refractivity contribution >= 4 is 9.84 Å². The van der Waals surface area contributed by atoms with Gasteiger partial charge in [-0.05, 0) is 33.1 Å². The summed E-state index contributed by atoms with van der Waals surface area (Å²) in [6.07, 6.45) is 1.69. The molecule has 0 spiro atoms. The normalized spacial score (nSPS) is 15.2. The van der Waals surface area contributed by atoms with Gasteiger partial charge in [-0.25, -0.2) is 8.42 Å². The molecule has 0 aromatic rings. The van der Waals surface area contributed by atoms with Crippen LogP contribution in [0.4, 0.5) is 0 Å². The molecule has 0 aliphatic carbocycles. The van der Waals surface area contributed by atoms with E-state index in [4.69, 9.17) is 0 Å². The van der Waals surface area contributed by atoms with Gasteiger partial charge in [0, 0.05) is 12.1 Å². The van der Waals surface area contributed by atoms with E-state index in [0.717, 1.165) is 12.8 Å². The molecular weight excluding hydrogens is 234 g/mol. The van der Waals surface area contributed by atoms with E-state index in [0.29, 0.717) is 12.3 Å². The van der Waals surface area contributed by atoms with Crippen LogP contribution < -0.4 is 5.32 Å². The minimum Gasteiger partial charge on any atom is -0.311 e. The van der Waals surface area contributed by atoms with Crippen LogP contribution in [0.15, 0.2) is 0 Å². The van der Waals surface area contributed by atoms with Crippen molar-refractivity contribution in [3.05, 3.63) is 0 Å². The summed E-state index contributed by atoms with van der Waals surface area (Å²) in [6.45, 7) is 12.7. The largest absolute Gasteiger partial charge is 0.311 e. The van der Waals surface area contributed by atoms with Crippen molar-refractivity contribution in [1.82, 2.24) is 5.32 Å². The molecule has 0 radical (unpaired) electrons. The lowest BCUT2D eigenvalue weighted by atomic mass is 10.1. The quantitative estimate of drug-likeness (QED) is 0.768. The van der Waals surface area contributed by atoms with Crippen molar-refractivity contribution in [1.29, 1.82) is 0 Å². The van der Waals surface area contributed by atoms with E-state index in [9.17, 15) is 8.42 Å². The zero-order valence-electron chi connectivity index (χ0n) is 12.2. The molecule has 0 aliphatic heterocycles. The average molecular weight is 263 g/mol. The van der Waals surface area contributed by atoms with E-state index in [1.807, 2.05) is 20.8 Å². The first-order chi connectivity index (χ1) is 7.60. The summed E-state index contributed by atoms with van der Waals surface area (Å²) in [4.78, 5) is 0. The molecule has 17 heavy (non-hydrogen) atoms. The maximum Gasteiger partial charge on any atom is 0.154 e. The van der Waals surface area contributed by atoms with Crippen molar-refractivity contribution < 1.29 is 8.42 Å². The number of hydrogen-bond donors (Lipinski definition) is 1. The third kappa shape index (κ3) is 7.04. The van der Waals surface area contributed by atoms with Gasteiger partial charge >= 0.3 is 0 Å². The highest BCUT2D eigenvalue weighted by Crippen LogP contribution is 2.15. The number of nitrogens with one attached hydrogen (secondary N) is 1. The Morgan fingerprint density at radius 2 is 1.71 bits per heavy atom. The molecule has 3 nitrogen and oxygen atoms in total. The van der Waals surface area contributed by atoms with Gasteiger partial charge in [-0.3, -0.25) is 0 Å². The highest BCUT2D eigenvalue weighted by atomic mass is 32.2. The maximum atomic E-state index is 12.2. The predicted octanol–water partition coefficient (Wildman–Crippen LogP) is 2.61. The molecule has 0 heterocycles. The molecule has 0 aliphatic rings. The Kier molecular flexibility index (Phi) is 6.70. The van der Waals surface area contributed by atoms with Crippen molar-refractivity contribution in [2.75, 3.05) is 12.3 Å². The molecule has 104 valence electrons. The highest BCUT2D eigenvalue weighted by molar-refractivity contribution is 7.92. The molecule has 4 heteroatoms. The Morgan fingerprint density at radius 3 is 2.06 bits per heavy atom. The Hall–Kier alpha value is -0.0900. The molecule has 0 aromatic carbocycles. The fraction of sp³-hybridized carbons (Fsp3) is 1.00. The second-order valence-electron chi connectivity index (χ2n) is 6.13. The standard InChI is InChI=1S/C13H29NO2S/c1-7-8-9-17(15,16)12(11(2)3)10-14-13(4,5)6/h11-12,14H,7-10H2,1-6H3. The summed E-state index contributed by atoms with van der Waals surface area (Å²) in [7, 11) is -2.97. The molecule has 0 aromatic heterocycles. The number of sulfone groups is 1. The van der Waals surface area contributed by atoms with Gasteiger partial charge in [0.25, 0.3) is 0 Å². The highest BCUT2D eigenvalue weighted by Gasteiger charge is 2.28. The fourth-order valence-electron chi connectivity index (χ4n) is 1.68. The topological polar surface area (TPSA) is 46.2 Å². The van der Waals surface area contributed by atoms with Crippen LogP contribution in [0, 0.1) is 5.92 Å². The third-order valence-corrected chi connectivity index (χ3v) is 5.31. The van der Waals surface area contributed by atoms with Crippen LogP contribution in [0.1, 0.15) is 54.4 Å². The van der Waals surface area contributed by atoms with Gasteiger partial charge in [-0.1, -0.05) is 27.2 Å². The van der Waals surface area contributed by atoms with Crippen molar-refractivity contribution in [2.45, 2.75) is 65.2 Å². The summed E-state index contributed by atoms with van der Waals surface area (Å²) < 4.78 is 24.4. The van der Waals surface area contributed by atoms with Gasteiger partial charge in [0.2, 0.25) is 0 Å². The molecule has 0 bridgehead atoms. The van der Waals surface area contributed by atoms with Crippen molar-refractivity contribution in [3.63, 3.8) is 0 Å². The van der Waals surface area contributed by atoms with Gasteiger partial charge in [-0.2, -0.15) is 0 Å². The first-order valence-corrected chi connectivity index (χ1v) is 8.28. The molecule has 0 saturated heterocycles. The Morgan fingerprint density at radius 1 is 1.18 bits per heavy atom. The molecule has 1 N–H and O–H groups in total. The second kappa shape index (κ2) is 6.74. The van der Waals surface area contributed by atoms with Crippen LogP contribution >= 0.6 is 0 Å². The zero-order chi connectivity index (χ0) is 13.7. The summed E-state index contributed by atoms with van der Waals surface area (Å²) in [5.41, 5.74) is -0.0343. The minimum atomic E-state index is -2.97. The summed E-state index contributed by atoms with van der Waals surface area (Å²) in [5.74, 6) is 0.477. The molecule has 0 fully saturated rings. The SMILES string of the molecule is CCCCS(=O)(=O)C(CNC(C)(C)C)C(C)C. The number of rotatable bonds is 7. The van der Waals surface area contributed by atoms with Crippen LogP contribution in [0.25, 0.3) is 0 Å². The molecular formula is C13H29NO2S. The van der Waals surface area contributed by atoms with Gasteiger partial charge in [-0.15, -0.1) is 0 Å². The van der Waals surface area contributed by atoms with Gasteiger partial charge < -0.3 is 5.32 Å². The van der Waals surface area contributed by atoms with Crippen LogP contribution in [0.5, 0.6) is 0 Å². The maximum absolute atomic E-state index is 12.2. The molecule has 1 atom stereocenters. The minimum absolute atomic E-state index is 0.0343. The molecule has 0 saturated carbocycles. The average Bonchev–Trinajstić information content (AvgIpc) is 2.12. The van der Waals surface area contributed by atoms with Crippen LogP contribution in [0.2, 0.25) is 0 Å². The zero-order valence-corrected chi connectivity index (χ0v) is 13.0. The van der Waals surface area contributed by atoms with Crippen LogP contribution in [0.3, 0.4) is 0 Å². The summed E-state index contributed by atoms with van der Waals surface area (Å²) in [6, 6.07) is 0. The Labute approximate surface area is 107 Å². The lowest BCUT2D eigenvalue weighted by molar-refractivity contribution is 0.399. The Bertz CT molecular complexity index is 302. The van der Waals surface area contributed by atoms with E-state index < -0.39 is 9.84 Å².